The van der Waals surface area contributed by atoms with E-state index in [-0.39, 0.29) is 17.5 Å². The predicted octanol–water partition coefficient (Wildman–Crippen LogP) is 2.50. The van der Waals surface area contributed by atoms with Gasteiger partial charge in [0.2, 0.25) is 0 Å². The summed E-state index contributed by atoms with van der Waals surface area (Å²) in [6.07, 6.45) is 3.00. The lowest BCUT2D eigenvalue weighted by Gasteiger charge is -2.23. The molecular weight excluding hydrogens is 306 g/mol. The minimum absolute atomic E-state index is 0.124. The van der Waals surface area contributed by atoms with Crippen molar-refractivity contribution >= 4 is 44.8 Å². The summed E-state index contributed by atoms with van der Waals surface area (Å²) in [7, 11) is -2.99. The fourth-order valence-electron chi connectivity index (χ4n) is 2.53. The molecule has 3 heterocycles. The van der Waals surface area contributed by atoms with Gasteiger partial charge in [0.05, 0.1) is 28.1 Å². The molecule has 0 radical (unpaired) electrons. The number of fused-ring (bicyclic) bond motifs is 1. The zero-order valence-electron chi connectivity index (χ0n) is 9.97. The highest BCUT2D eigenvalue weighted by Crippen LogP contribution is 2.27. The standard InChI is InChI=1S/C11H12ClN3O2S2/c12-7-4-9-10(13-5-7)15(11(18)14-9)8-2-1-3-19(16,17)6-8/h4-5,8H,1-3,6H2,(H,14,18). The second kappa shape index (κ2) is 4.57. The topological polar surface area (TPSA) is 67.8 Å². The Kier molecular flexibility index (Phi) is 3.15. The zero-order chi connectivity index (χ0) is 13.6. The Balaban J connectivity index is 2.15. The number of sulfone groups is 1. The molecule has 0 saturated carbocycles. The molecule has 102 valence electrons. The summed E-state index contributed by atoms with van der Waals surface area (Å²) in [6, 6.07) is 1.60. The van der Waals surface area contributed by atoms with E-state index in [2.05, 4.69) is 9.97 Å². The van der Waals surface area contributed by atoms with E-state index in [1.165, 1.54) is 0 Å². The average molecular weight is 318 g/mol. The third-order valence-corrected chi connectivity index (χ3v) is 5.63. The number of nitrogens with zero attached hydrogens (tertiary/aromatic N) is 2. The summed E-state index contributed by atoms with van der Waals surface area (Å²) >= 11 is 11.2. The summed E-state index contributed by atoms with van der Waals surface area (Å²) in [5.74, 6) is 0.386. The Morgan fingerprint density at radius 3 is 3.05 bits per heavy atom. The van der Waals surface area contributed by atoms with E-state index in [1.54, 1.807) is 16.8 Å². The van der Waals surface area contributed by atoms with Crippen LogP contribution in [0.15, 0.2) is 12.3 Å². The van der Waals surface area contributed by atoms with Gasteiger partial charge < -0.3 is 4.98 Å². The van der Waals surface area contributed by atoms with Gasteiger partial charge in [-0.1, -0.05) is 11.6 Å². The molecule has 0 spiro atoms. The van der Waals surface area contributed by atoms with Crippen molar-refractivity contribution in [1.29, 1.82) is 0 Å². The van der Waals surface area contributed by atoms with Crippen LogP contribution in [0.5, 0.6) is 0 Å². The predicted molar refractivity (Wildman–Crippen MR) is 76.9 cm³/mol. The van der Waals surface area contributed by atoms with Crippen molar-refractivity contribution in [3.8, 4) is 0 Å². The van der Waals surface area contributed by atoms with Crippen molar-refractivity contribution in [3.63, 3.8) is 0 Å². The molecule has 0 bridgehead atoms. The summed E-state index contributed by atoms with van der Waals surface area (Å²) in [6.45, 7) is 0. The fourth-order valence-corrected chi connectivity index (χ4v) is 4.71. The molecule has 1 fully saturated rings. The number of hydrogen-bond acceptors (Lipinski definition) is 4. The van der Waals surface area contributed by atoms with Gasteiger partial charge in [0, 0.05) is 6.20 Å². The Bertz CT molecular complexity index is 794. The van der Waals surface area contributed by atoms with E-state index in [4.69, 9.17) is 23.8 Å². The van der Waals surface area contributed by atoms with E-state index in [9.17, 15) is 8.42 Å². The molecule has 3 rings (SSSR count). The number of H-pyrrole nitrogens is 1. The van der Waals surface area contributed by atoms with E-state index in [1.807, 2.05) is 0 Å². The minimum Gasteiger partial charge on any atom is -0.329 e. The summed E-state index contributed by atoms with van der Waals surface area (Å²) in [4.78, 5) is 7.29. The van der Waals surface area contributed by atoms with E-state index < -0.39 is 9.84 Å². The Morgan fingerprint density at radius 2 is 2.32 bits per heavy atom. The Morgan fingerprint density at radius 1 is 1.53 bits per heavy atom. The highest BCUT2D eigenvalue weighted by atomic mass is 35.5. The maximum atomic E-state index is 11.8. The lowest BCUT2D eigenvalue weighted by molar-refractivity contribution is 0.473. The van der Waals surface area contributed by atoms with Crippen LogP contribution in [0.4, 0.5) is 0 Å². The van der Waals surface area contributed by atoms with Crippen LogP contribution in [-0.4, -0.2) is 34.5 Å². The summed E-state index contributed by atoms with van der Waals surface area (Å²) < 4.78 is 25.8. The van der Waals surface area contributed by atoms with Crippen LogP contribution in [0.3, 0.4) is 0 Å². The van der Waals surface area contributed by atoms with Gasteiger partial charge >= 0.3 is 0 Å². The van der Waals surface area contributed by atoms with Gasteiger partial charge in [-0.3, -0.25) is 4.57 Å². The highest BCUT2D eigenvalue weighted by Gasteiger charge is 2.27. The molecule has 8 heteroatoms. The van der Waals surface area contributed by atoms with Gasteiger partial charge in [-0.15, -0.1) is 0 Å². The molecule has 2 aromatic heterocycles. The van der Waals surface area contributed by atoms with Crippen molar-refractivity contribution in [2.24, 2.45) is 0 Å². The molecule has 19 heavy (non-hydrogen) atoms. The first-order valence-electron chi connectivity index (χ1n) is 5.92. The number of pyridine rings is 1. The fraction of sp³-hybridized carbons (Fsp3) is 0.455. The molecule has 0 aromatic carbocycles. The van der Waals surface area contributed by atoms with Crippen LogP contribution >= 0.6 is 23.8 Å². The smallest absolute Gasteiger partial charge is 0.179 e. The minimum atomic E-state index is -2.99. The maximum absolute atomic E-state index is 11.8. The first kappa shape index (κ1) is 13.1. The number of hydrogen-bond donors (Lipinski definition) is 1. The van der Waals surface area contributed by atoms with Crippen molar-refractivity contribution in [2.45, 2.75) is 18.9 Å². The maximum Gasteiger partial charge on any atom is 0.179 e. The number of imidazole rings is 1. The molecule has 0 aliphatic carbocycles. The first-order valence-corrected chi connectivity index (χ1v) is 8.53. The number of halogens is 1. The Labute approximate surface area is 120 Å². The first-order chi connectivity index (χ1) is 8.96. The lowest BCUT2D eigenvalue weighted by Crippen LogP contribution is -2.27. The SMILES string of the molecule is O=S1(=O)CCCC(n2c(=S)[nH]c3cc(Cl)cnc32)C1. The van der Waals surface area contributed by atoms with Crippen molar-refractivity contribution in [3.05, 3.63) is 22.1 Å². The number of aromatic nitrogens is 3. The molecule has 1 atom stereocenters. The lowest BCUT2D eigenvalue weighted by atomic mass is 10.2. The third-order valence-electron chi connectivity index (χ3n) is 3.33. The third kappa shape index (κ3) is 2.42. The van der Waals surface area contributed by atoms with E-state index in [0.29, 0.717) is 21.9 Å². The molecule has 0 amide bonds. The van der Waals surface area contributed by atoms with Crippen LogP contribution in [0.2, 0.25) is 5.02 Å². The molecule has 1 saturated heterocycles. The molecule has 1 unspecified atom stereocenters. The molecule has 2 aromatic rings. The van der Waals surface area contributed by atoms with Gasteiger partial charge in [-0.05, 0) is 31.1 Å². The summed E-state index contributed by atoms with van der Waals surface area (Å²) in [5, 5.41) is 0.521. The second-order valence-electron chi connectivity index (χ2n) is 4.74. The highest BCUT2D eigenvalue weighted by molar-refractivity contribution is 7.91. The van der Waals surface area contributed by atoms with E-state index >= 15 is 0 Å². The molecule has 1 aliphatic heterocycles. The number of rotatable bonds is 1. The quantitative estimate of drug-likeness (QED) is 0.821. The van der Waals surface area contributed by atoms with Gasteiger partial charge in [0.25, 0.3) is 0 Å². The van der Waals surface area contributed by atoms with Crippen LogP contribution in [-0.2, 0) is 9.84 Å². The Hall–Kier alpha value is -0.920. The van der Waals surface area contributed by atoms with Gasteiger partial charge in [0.15, 0.2) is 20.3 Å². The van der Waals surface area contributed by atoms with E-state index in [0.717, 1.165) is 11.9 Å². The molecule has 5 nitrogen and oxygen atoms in total. The van der Waals surface area contributed by atoms with Gasteiger partial charge in [-0.2, -0.15) is 0 Å². The van der Waals surface area contributed by atoms with Gasteiger partial charge in [-0.25, -0.2) is 13.4 Å². The van der Waals surface area contributed by atoms with Crippen LogP contribution < -0.4 is 0 Å². The van der Waals surface area contributed by atoms with Crippen LogP contribution in [0, 0.1) is 4.77 Å². The van der Waals surface area contributed by atoms with Crippen LogP contribution in [0.1, 0.15) is 18.9 Å². The monoisotopic (exact) mass is 317 g/mol. The average Bonchev–Trinajstić information content (AvgIpc) is 2.62. The second-order valence-corrected chi connectivity index (χ2v) is 7.79. The molecule has 1 N–H and O–H groups in total. The number of nitrogens with one attached hydrogen (secondary N) is 1. The summed E-state index contributed by atoms with van der Waals surface area (Å²) in [5.41, 5.74) is 1.40. The number of aromatic amines is 1. The van der Waals surface area contributed by atoms with Crippen molar-refractivity contribution in [2.75, 3.05) is 11.5 Å². The largest absolute Gasteiger partial charge is 0.329 e. The van der Waals surface area contributed by atoms with Crippen molar-refractivity contribution < 1.29 is 8.42 Å². The van der Waals surface area contributed by atoms with Crippen molar-refractivity contribution in [1.82, 2.24) is 14.5 Å². The van der Waals surface area contributed by atoms with Crippen LogP contribution in [0.25, 0.3) is 11.2 Å². The molecule has 1 aliphatic rings. The van der Waals surface area contributed by atoms with Gasteiger partial charge in [0.1, 0.15) is 0 Å². The normalized spacial score (nSPS) is 22.7. The molecular formula is C11H12ClN3O2S2. The zero-order valence-corrected chi connectivity index (χ0v) is 12.4.